The lowest BCUT2D eigenvalue weighted by molar-refractivity contribution is 0.0240. The molecule has 0 saturated carbocycles. The van der Waals surface area contributed by atoms with Crippen molar-refractivity contribution in [1.82, 2.24) is 24.6 Å². The predicted octanol–water partition coefficient (Wildman–Crippen LogP) is 4.13. The first-order valence-corrected chi connectivity index (χ1v) is 10.6. The fourth-order valence-electron chi connectivity index (χ4n) is 3.53. The number of amides is 1. The van der Waals surface area contributed by atoms with Gasteiger partial charge in [-0.05, 0) is 48.3 Å². The first-order chi connectivity index (χ1) is 14.0. The number of piperazine rings is 1. The molecule has 1 saturated heterocycles. The molecule has 160 valence electrons. The lowest BCUT2D eigenvalue weighted by Crippen LogP contribution is -2.50. The highest BCUT2D eigenvalue weighted by molar-refractivity contribution is 9.10. The van der Waals surface area contributed by atoms with Gasteiger partial charge in [-0.3, -0.25) is 4.68 Å². The van der Waals surface area contributed by atoms with Gasteiger partial charge in [0.05, 0.1) is 9.86 Å². The highest BCUT2D eigenvalue weighted by Gasteiger charge is 2.29. The molecule has 1 fully saturated rings. The Morgan fingerprint density at radius 2 is 1.87 bits per heavy atom. The molecule has 30 heavy (non-hydrogen) atoms. The quantitative estimate of drug-likeness (QED) is 0.469. The number of anilines is 1. The van der Waals surface area contributed by atoms with Crippen LogP contribution < -0.4 is 4.90 Å². The number of ether oxygens (including phenoxy) is 1. The van der Waals surface area contributed by atoms with E-state index in [4.69, 9.17) is 16.3 Å². The van der Waals surface area contributed by atoms with Crippen molar-refractivity contribution in [2.24, 2.45) is 7.05 Å². The number of benzene rings is 1. The predicted molar refractivity (Wildman–Crippen MR) is 116 cm³/mol. The zero-order chi connectivity index (χ0) is 21.8. The van der Waals surface area contributed by atoms with Crippen molar-refractivity contribution in [3.8, 4) is 0 Å². The van der Waals surface area contributed by atoms with E-state index in [0.29, 0.717) is 42.9 Å². The number of halogens is 3. The second kappa shape index (κ2) is 7.49. The minimum atomic E-state index is -0.554. The number of rotatable bonds is 1. The van der Waals surface area contributed by atoms with Crippen molar-refractivity contribution >= 4 is 61.2 Å². The molecule has 2 aromatic heterocycles. The number of aryl methyl sites for hydroxylation is 1. The molecule has 0 N–H and O–H groups in total. The second-order valence-electron chi connectivity index (χ2n) is 8.19. The number of aromatic nitrogens is 4. The van der Waals surface area contributed by atoms with Crippen LogP contribution in [-0.4, -0.2) is 62.5 Å². The highest BCUT2D eigenvalue weighted by Crippen LogP contribution is 2.38. The molecule has 4 rings (SSSR count). The van der Waals surface area contributed by atoms with E-state index in [1.807, 2.05) is 25.7 Å². The van der Waals surface area contributed by atoms with Crippen LogP contribution in [0.25, 0.3) is 21.8 Å². The zero-order valence-corrected chi connectivity index (χ0v) is 19.4. The Morgan fingerprint density at radius 3 is 2.50 bits per heavy atom. The van der Waals surface area contributed by atoms with Gasteiger partial charge in [0.2, 0.25) is 5.28 Å². The smallest absolute Gasteiger partial charge is 0.410 e. The van der Waals surface area contributed by atoms with Crippen LogP contribution in [0.2, 0.25) is 5.28 Å². The van der Waals surface area contributed by atoms with Crippen LogP contribution in [0.15, 0.2) is 10.7 Å². The van der Waals surface area contributed by atoms with Gasteiger partial charge < -0.3 is 14.5 Å². The van der Waals surface area contributed by atoms with Gasteiger partial charge in [0.15, 0.2) is 5.82 Å². The number of carbonyl (C=O) groups is 1. The van der Waals surface area contributed by atoms with Gasteiger partial charge in [0, 0.05) is 44.8 Å². The van der Waals surface area contributed by atoms with Gasteiger partial charge in [0.1, 0.15) is 22.5 Å². The number of carbonyl (C=O) groups excluding carboxylic acids is 1. The topological polar surface area (TPSA) is 76.4 Å². The van der Waals surface area contributed by atoms with Crippen LogP contribution in [-0.2, 0) is 11.8 Å². The summed E-state index contributed by atoms with van der Waals surface area (Å²) in [6, 6.07) is 0. The lowest BCUT2D eigenvalue weighted by atomic mass is 10.1. The van der Waals surface area contributed by atoms with E-state index in [1.54, 1.807) is 22.8 Å². The molecule has 1 aromatic carbocycles. The standard InChI is InChI=1S/C19H21BrClFN6O2/c1-19(2,3)30-18(29)28-7-5-27(6-8-28)16-11-10-9-26(4)25-14(10)12(20)13(22)15(11)23-17(21)24-16/h9H,5-8H2,1-4H3. The molecule has 0 aliphatic carbocycles. The average Bonchev–Trinajstić information content (AvgIpc) is 3.06. The molecule has 1 amide bonds. The monoisotopic (exact) mass is 498 g/mol. The van der Waals surface area contributed by atoms with Gasteiger partial charge in [-0.1, -0.05) is 0 Å². The normalized spacial score (nSPS) is 15.3. The van der Waals surface area contributed by atoms with Crippen LogP contribution in [0.3, 0.4) is 0 Å². The van der Waals surface area contributed by atoms with Gasteiger partial charge in [-0.2, -0.15) is 10.1 Å². The molecule has 8 nitrogen and oxygen atoms in total. The fourth-order valence-corrected chi connectivity index (χ4v) is 4.17. The van der Waals surface area contributed by atoms with E-state index in [0.717, 1.165) is 5.39 Å². The van der Waals surface area contributed by atoms with Crippen molar-refractivity contribution in [3.05, 3.63) is 21.8 Å². The third-order valence-corrected chi connectivity index (χ3v) is 5.69. The fraction of sp³-hybridized carbons (Fsp3) is 0.474. The molecule has 3 heterocycles. The minimum Gasteiger partial charge on any atom is -0.444 e. The van der Waals surface area contributed by atoms with Gasteiger partial charge in [-0.25, -0.2) is 14.2 Å². The molecule has 0 unspecified atom stereocenters. The number of hydrogen-bond acceptors (Lipinski definition) is 6. The lowest BCUT2D eigenvalue weighted by Gasteiger charge is -2.36. The van der Waals surface area contributed by atoms with E-state index < -0.39 is 11.4 Å². The van der Waals surface area contributed by atoms with Crippen molar-refractivity contribution in [1.29, 1.82) is 0 Å². The van der Waals surface area contributed by atoms with Crippen LogP contribution in [0.1, 0.15) is 20.8 Å². The molecule has 0 spiro atoms. The molecule has 3 aromatic rings. The second-order valence-corrected chi connectivity index (χ2v) is 9.32. The van der Waals surface area contributed by atoms with Crippen LogP contribution in [0, 0.1) is 5.82 Å². The molecule has 0 radical (unpaired) electrons. The van der Waals surface area contributed by atoms with E-state index in [9.17, 15) is 4.79 Å². The van der Waals surface area contributed by atoms with Crippen LogP contribution in [0.5, 0.6) is 0 Å². The van der Waals surface area contributed by atoms with Crippen LogP contribution in [0.4, 0.5) is 15.0 Å². The van der Waals surface area contributed by atoms with Gasteiger partial charge >= 0.3 is 6.09 Å². The summed E-state index contributed by atoms with van der Waals surface area (Å²) in [4.78, 5) is 24.5. The number of hydrogen-bond donors (Lipinski definition) is 0. The van der Waals surface area contributed by atoms with Gasteiger partial charge in [-0.15, -0.1) is 0 Å². The summed E-state index contributed by atoms with van der Waals surface area (Å²) in [5.41, 5.74) is 0.0653. The molecule has 0 bridgehead atoms. The first kappa shape index (κ1) is 21.0. The van der Waals surface area contributed by atoms with Crippen molar-refractivity contribution < 1.29 is 13.9 Å². The number of nitrogens with zero attached hydrogens (tertiary/aromatic N) is 6. The number of fused-ring (bicyclic) bond motifs is 3. The first-order valence-electron chi connectivity index (χ1n) is 9.45. The molecular weight excluding hydrogens is 479 g/mol. The van der Waals surface area contributed by atoms with E-state index in [-0.39, 0.29) is 21.4 Å². The summed E-state index contributed by atoms with van der Waals surface area (Å²) in [5, 5.41) is 5.59. The zero-order valence-electron chi connectivity index (χ0n) is 17.0. The van der Waals surface area contributed by atoms with E-state index in [2.05, 4.69) is 31.0 Å². The molecule has 11 heteroatoms. The third kappa shape index (κ3) is 3.78. The largest absolute Gasteiger partial charge is 0.444 e. The maximum Gasteiger partial charge on any atom is 0.410 e. The molecular formula is C19H21BrClFN6O2. The minimum absolute atomic E-state index is 0.0406. The van der Waals surface area contributed by atoms with Crippen LogP contribution >= 0.6 is 27.5 Å². The van der Waals surface area contributed by atoms with Crippen molar-refractivity contribution in [3.63, 3.8) is 0 Å². The highest BCUT2D eigenvalue weighted by atomic mass is 79.9. The third-order valence-electron chi connectivity index (χ3n) is 4.80. The van der Waals surface area contributed by atoms with Crippen molar-refractivity contribution in [2.45, 2.75) is 26.4 Å². The Kier molecular flexibility index (Phi) is 5.26. The summed E-state index contributed by atoms with van der Waals surface area (Å²) in [5.74, 6) is -0.00706. The SMILES string of the molecule is Cn1cc2c(n1)c(Br)c(F)c1nc(Cl)nc(N3CCN(C(=O)OC(C)(C)C)CC3)c12. The summed E-state index contributed by atoms with van der Waals surface area (Å²) in [6.07, 6.45) is 1.46. The summed E-state index contributed by atoms with van der Waals surface area (Å²) < 4.78 is 22.4. The Bertz CT molecular complexity index is 1150. The van der Waals surface area contributed by atoms with Gasteiger partial charge in [0.25, 0.3) is 0 Å². The molecule has 0 atom stereocenters. The maximum absolute atomic E-state index is 15.1. The Balaban J connectivity index is 1.73. The van der Waals surface area contributed by atoms with E-state index in [1.165, 1.54) is 0 Å². The summed E-state index contributed by atoms with van der Waals surface area (Å²) in [6.45, 7) is 7.41. The van der Waals surface area contributed by atoms with Crippen molar-refractivity contribution in [2.75, 3.05) is 31.1 Å². The summed E-state index contributed by atoms with van der Waals surface area (Å²) >= 11 is 9.42. The maximum atomic E-state index is 15.1. The Labute approximate surface area is 186 Å². The Morgan fingerprint density at radius 1 is 1.20 bits per heavy atom. The molecule has 1 aliphatic rings. The Hall–Kier alpha value is -2.20. The van der Waals surface area contributed by atoms with E-state index >= 15 is 4.39 Å². The summed E-state index contributed by atoms with van der Waals surface area (Å²) in [7, 11) is 1.77. The average molecular weight is 500 g/mol. The molecule has 1 aliphatic heterocycles.